The van der Waals surface area contributed by atoms with Gasteiger partial charge in [-0.15, -0.1) is 0 Å². The highest BCUT2D eigenvalue weighted by Crippen LogP contribution is 2.58. The van der Waals surface area contributed by atoms with Gasteiger partial charge in [0.15, 0.2) is 0 Å². The molecule has 2 fully saturated rings. The third-order valence-electron chi connectivity index (χ3n) is 3.72. The van der Waals surface area contributed by atoms with E-state index in [1.807, 2.05) is 0 Å². The van der Waals surface area contributed by atoms with E-state index in [1.54, 1.807) is 0 Å². The van der Waals surface area contributed by atoms with E-state index in [0.29, 0.717) is 12.8 Å². The first kappa shape index (κ1) is 9.49. The Bertz CT molecular complexity index is 280. The molecule has 0 aromatic heterocycles. The predicted octanol–water partition coefficient (Wildman–Crippen LogP) is 1.35. The zero-order valence-electron chi connectivity index (χ0n) is 7.90. The zero-order valence-corrected chi connectivity index (χ0v) is 7.90. The van der Waals surface area contributed by atoms with Crippen molar-refractivity contribution >= 4 is 11.9 Å². The average Bonchev–Trinajstić information content (AvgIpc) is 2.84. The number of aliphatic carboxylic acids is 2. The van der Waals surface area contributed by atoms with Crippen molar-refractivity contribution < 1.29 is 19.8 Å². The van der Waals surface area contributed by atoms with E-state index >= 15 is 0 Å². The molecule has 0 heterocycles. The Morgan fingerprint density at radius 3 is 2.00 bits per heavy atom. The van der Waals surface area contributed by atoms with Crippen LogP contribution in [0.1, 0.15) is 32.1 Å². The molecule has 0 bridgehead atoms. The molecule has 1 spiro atoms. The number of rotatable bonds is 2. The minimum Gasteiger partial charge on any atom is -0.481 e. The molecule has 0 amide bonds. The van der Waals surface area contributed by atoms with Crippen LogP contribution in [0.2, 0.25) is 0 Å². The van der Waals surface area contributed by atoms with Crippen LogP contribution in [0.5, 0.6) is 0 Å². The lowest BCUT2D eigenvalue weighted by molar-refractivity contribution is -0.157. The molecule has 2 saturated carbocycles. The molecule has 2 atom stereocenters. The first-order valence-electron chi connectivity index (χ1n) is 5.00. The standard InChI is InChI=1S/C10H14O4/c11-8(12)6-1-2-10(3-4-10)5-7(6)9(13)14/h6-7H,1-5H2,(H,11,12)(H,13,14)/t6-,7-/m0/s1. The highest BCUT2D eigenvalue weighted by Gasteiger charge is 2.52. The fraction of sp³-hybridized carbons (Fsp3) is 0.800. The molecule has 2 aliphatic rings. The van der Waals surface area contributed by atoms with Crippen molar-refractivity contribution in [2.75, 3.05) is 0 Å². The molecule has 0 radical (unpaired) electrons. The third kappa shape index (κ3) is 1.49. The van der Waals surface area contributed by atoms with E-state index in [2.05, 4.69) is 0 Å². The van der Waals surface area contributed by atoms with Gasteiger partial charge in [-0.25, -0.2) is 0 Å². The minimum atomic E-state index is -0.951. The summed E-state index contributed by atoms with van der Waals surface area (Å²) in [6.07, 6.45) is 4.17. The molecule has 4 heteroatoms. The van der Waals surface area contributed by atoms with Gasteiger partial charge in [0.05, 0.1) is 11.8 Å². The lowest BCUT2D eigenvalue weighted by Crippen LogP contribution is -2.36. The predicted molar refractivity (Wildman–Crippen MR) is 47.8 cm³/mol. The van der Waals surface area contributed by atoms with Crippen LogP contribution >= 0.6 is 0 Å². The van der Waals surface area contributed by atoms with Gasteiger partial charge in [0.2, 0.25) is 0 Å². The van der Waals surface area contributed by atoms with Gasteiger partial charge in [-0.3, -0.25) is 9.59 Å². The van der Waals surface area contributed by atoms with Gasteiger partial charge in [-0.1, -0.05) is 0 Å². The Hall–Kier alpha value is -1.06. The molecule has 0 aliphatic heterocycles. The van der Waals surface area contributed by atoms with E-state index in [1.165, 1.54) is 0 Å². The quantitative estimate of drug-likeness (QED) is 0.702. The summed E-state index contributed by atoms with van der Waals surface area (Å²) in [6.45, 7) is 0. The van der Waals surface area contributed by atoms with Crippen molar-refractivity contribution in [3.8, 4) is 0 Å². The highest BCUT2D eigenvalue weighted by molar-refractivity contribution is 5.80. The molecule has 0 aromatic carbocycles. The summed E-state index contributed by atoms with van der Waals surface area (Å²) < 4.78 is 0. The van der Waals surface area contributed by atoms with Gasteiger partial charge < -0.3 is 10.2 Å². The first-order valence-corrected chi connectivity index (χ1v) is 5.00. The summed E-state index contributed by atoms with van der Waals surface area (Å²) in [4.78, 5) is 21.8. The Labute approximate surface area is 81.9 Å². The van der Waals surface area contributed by atoms with E-state index < -0.39 is 23.8 Å². The second kappa shape index (κ2) is 2.97. The minimum absolute atomic E-state index is 0.203. The van der Waals surface area contributed by atoms with Crippen molar-refractivity contribution in [3.63, 3.8) is 0 Å². The number of carbonyl (C=O) groups is 2. The van der Waals surface area contributed by atoms with E-state index in [0.717, 1.165) is 19.3 Å². The van der Waals surface area contributed by atoms with Crippen LogP contribution in [0.15, 0.2) is 0 Å². The number of hydrogen-bond donors (Lipinski definition) is 2. The maximum Gasteiger partial charge on any atom is 0.307 e. The second-order valence-electron chi connectivity index (χ2n) is 4.63. The summed E-state index contributed by atoms with van der Waals surface area (Å²) in [6, 6.07) is 0. The summed E-state index contributed by atoms with van der Waals surface area (Å²) in [5.41, 5.74) is 0.203. The summed E-state index contributed by atoms with van der Waals surface area (Å²) in [7, 11) is 0. The summed E-state index contributed by atoms with van der Waals surface area (Å²) in [5.74, 6) is -3.22. The fourth-order valence-electron chi connectivity index (χ4n) is 2.56. The average molecular weight is 198 g/mol. The number of hydrogen-bond acceptors (Lipinski definition) is 2. The van der Waals surface area contributed by atoms with Crippen LogP contribution < -0.4 is 0 Å². The summed E-state index contributed by atoms with van der Waals surface area (Å²) in [5, 5.41) is 17.8. The normalized spacial score (nSPS) is 34.0. The molecule has 2 N–H and O–H groups in total. The lowest BCUT2D eigenvalue weighted by atomic mass is 9.72. The van der Waals surface area contributed by atoms with Crippen LogP contribution in [0, 0.1) is 17.3 Å². The maximum absolute atomic E-state index is 10.9. The smallest absolute Gasteiger partial charge is 0.307 e. The van der Waals surface area contributed by atoms with Crippen LogP contribution in [0.4, 0.5) is 0 Å². The van der Waals surface area contributed by atoms with Crippen molar-refractivity contribution in [1.82, 2.24) is 0 Å². The highest BCUT2D eigenvalue weighted by atomic mass is 16.4. The largest absolute Gasteiger partial charge is 0.481 e. The van der Waals surface area contributed by atoms with Gasteiger partial charge in [0.25, 0.3) is 0 Å². The monoisotopic (exact) mass is 198 g/mol. The molecule has 2 rings (SSSR count). The maximum atomic E-state index is 10.9. The first-order chi connectivity index (χ1) is 6.54. The molecule has 4 nitrogen and oxygen atoms in total. The second-order valence-corrected chi connectivity index (χ2v) is 4.63. The van der Waals surface area contributed by atoms with Gasteiger partial charge in [-0.2, -0.15) is 0 Å². The Kier molecular flexibility index (Phi) is 2.01. The lowest BCUT2D eigenvalue weighted by Gasteiger charge is -2.31. The van der Waals surface area contributed by atoms with E-state index in [-0.39, 0.29) is 5.41 Å². The van der Waals surface area contributed by atoms with Gasteiger partial charge >= 0.3 is 11.9 Å². The van der Waals surface area contributed by atoms with Crippen molar-refractivity contribution in [1.29, 1.82) is 0 Å². The van der Waals surface area contributed by atoms with Gasteiger partial charge in [-0.05, 0) is 37.5 Å². The molecule has 2 aliphatic carbocycles. The Morgan fingerprint density at radius 2 is 1.57 bits per heavy atom. The Balaban J connectivity index is 2.12. The molecular formula is C10H14O4. The summed E-state index contributed by atoms with van der Waals surface area (Å²) >= 11 is 0. The van der Waals surface area contributed by atoms with Gasteiger partial charge in [0.1, 0.15) is 0 Å². The van der Waals surface area contributed by atoms with Crippen LogP contribution in [0.3, 0.4) is 0 Å². The molecule has 78 valence electrons. The third-order valence-corrected chi connectivity index (χ3v) is 3.72. The number of carboxylic acids is 2. The van der Waals surface area contributed by atoms with Crippen molar-refractivity contribution in [3.05, 3.63) is 0 Å². The molecule has 0 unspecified atom stereocenters. The SMILES string of the molecule is O=C(O)[C@H]1CCC2(CC2)C[C@@H]1C(=O)O. The fourth-order valence-corrected chi connectivity index (χ4v) is 2.56. The Morgan fingerprint density at radius 1 is 1.00 bits per heavy atom. The van der Waals surface area contributed by atoms with Crippen molar-refractivity contribution in [2.45, 2.75) is 32.1 Å². The number of carboxylic acid groups (broad SMARTS) is 2. The molecule has 0 aromatic rings. The molecule has 14 heavy (non-hydrogen) atoms. The molecule has 0 saturated heterocycles. The van der Waals surface area contributed by atoms with Crippen LogP contribution in [0.25, 0.3) is 0 Å². The molecular weight excluding hydrogens is 184 g/mol. The van der Waals surface area contributed by atoms with Crippen LogP contribution in [-0.2, 0) is 9.59 Å². The van der Waals surface area contributed by atoms with E-state index in [4.69, 9.17) is 10.2 Å². The zero-order chi connectivity index (χ0) is 10.3. The topological polar surface area (TPSA) is 74.6 Å². The van der Waals surface area contributed by atoms with Gasteiger partial charge in [0, 0.05) is 0 Å². The van der Waals surface area contributed by atoms with E-state index in [9.17, 15) is 9.59 Å². The van der Waals surface area contributed by atoms with Crippen molar-refractivity contribution in [2.24, 2.45) is 17.3 Å². The van der Waals surface area contributed by atoms with Crippen LogP contribution in [-0.4, -0.2) is 22.2 Å².